The SMILES string of the molecule is CNC1CCCCC1.COS(=O)(=O)O. The van der Waals surface area contributed by atoms with Crippen molar-refractivity contribution in [2.24, 2.45) is 0 Å². The van der Waals surface area contributed by atoms with E-state index in [-0.39, 0.29) is 0 Å². The molecule has 0 radical (unpaired) electrons. The van der Waals surface area contributed by atoms with Crippen LogP contribution < -0.4 is 5.32 Å². The highest BCUT2D eigenvalue weighted by atomic mass is 32.3. The van der Waals surface area contributed by atoms with Crippen molar-refractivity contribution in [3.63, 3.8) is 0 Å². The summed E-state index contributed by atoms with van der Waals surface area (Å²) >= 11 is 0. The van der Waals surface area contributed by atoms with Crippen molar-refractivity contribution in [3.05, 3.63) is 0 Å². The van der Waals surface area contributed by atoms with Gasteiger partial charge in [-0.05, 0) is 19.9 Å². The Morgan fingerprint density at radius 2 is 1.71 bits per heavy atom. The molecule has 0 aromatic heterocycles. The van der Waals surface area contributed by atoms with E-state index in [1.54, 1.807) is 0 Å². The predicted octanol–water partition coefficient (Wildman–Crippen LogP) is 0.974. The molecule has 0 saturated heterocycles. The molecule has 1 fully saturated rings. The van der Waals surface area contributed by atoms with Gasteiger partial charge in [0.15, 0.2) is 0 Å². The zero-order valence-electron chi connectivity index (χ0n) is 8.69. The molecule has 5 nitrogen and oxygen atoms in total. The first-order valence-corrected chi connectivity index (χ1v) is 6.06. The lowest BCUT2D eigenvalue weighted by atomic mass is 9.96. The molecule has 0 unspecified atom stereocenters. The summed E-state index contributed by atoms with van der Waals surface area (Å²) in [6, 6.07) is 0.837. The van der Waals surface area contributed by atoms with Crippen molar-refractivity contribution in [2.45, 2.75) is 38.1 Å². The van der Waals surface area contributed by atoms with Crippen molar-refractivity contribution in [1.82, 2.24) is 5.32 Å². The fraction of sp³-hybridized carbons (Fsp3) is 1.00. The molecule has 0 atom stereocenters. The van der Waals surface area contributed by atoms with Crippen LogP contribution in [0.15, 0.2) is 0 Å². The van der Waals surface area contributed by atoms with Crippen LogP contribution in [0.5, 0.6) is 0 Å². The average molecular weight is 225 g/mol. The molecule has 14 heavy (non-hydrogen) atoms. The molecule has 2 N–H and O–H groups in total. The van der Waals surface area contributed by atoms with Crippen molar-refractivity contribution in [3.8, 4) is 0 Å². The minimum atomic E-state index is -4.16. The quantitative estimate of drug-likeness (QED) is 0.685. The van der Waals surface area contributed by atoms with Crippen molar-refractivity contribution >= 4 is 10.4 Å². The number of nitrogens with one attached hydrogen (secondary N) is 1. The summed E-state index contributed by atoms with van der Waals surface area (Å²) in [4.78, 5) is 0. The molecule has 0 amide bonds. The van der Waals surface area contributed by atoms with Gasteiger partial charge in [0.05, 0.1) is 7.11 Å². The summed E-state index contributed by atoms with van der Waals surface area (Å²) in [6.07, 6.45) is 7.13. The standard InChI is InChI=1S/C7H15N.CH4O4S/c1-8-7-5-3-2-4-6-7;1-5-6(2,3)4/h7-8H,2-6H2,1H3;1H3,(H,2,3,4). The van der Waals surface area contributed by atoms with Crippen LogP contribution >= 0.6 is 0 Å². The Balaban J connectivity index is 0.000000255. The van der Waals surface area contributed by atoms with Crippen LogP contribution in [0.4, 0.5) is 0 Å². The third-order valence-corrected chi connectivity index (χ3v) is 2.65. The van der Waals surface area contributed by atoms with E-state index in [4.69, 9.17) is 4.55 Å². The molecule has 0 heterocycles. The Bertz CT molecular complexity index is 221. The third-order valence-electron chi connectivity index (χ3n) is 2.22. The van der Waals surface area contributed by atoms with Gasteiger partial charge in [-0.2, -0.15) is 8.42 Å². The number of rotatable bonds is 2. The molecular weight excluding hydrogens is 206 g/mol. The van der Waals surface area contributed by atoms with Gasteiger partial charge in [0.25, 0.3) is 0 Å². The molecule has 0 aromatic carbocycles. The van der Waals surface area contributed by atoms with Gasteiger partial charge < -0.3 is 5.32 Å². The van der Waals surface area contributed by atoms with Gasteiger partial charge in [0, 0.05) is 6.04 Å². The first-order chi connectivity index (χ1) is 6.49. The van der Waals surface area contributed by atoms with E-state index in [2.05, 4.69) is 16.5 Å². The van der Waals surface area contributed by atoms with Crippen LogP contribution in [-0.2, 0) is 14.6 Å². The van der Waals surface area contributed by atoms with Gasteiger partial charge in [0.1, 0.15) is 0 Å². The monoisotopic (exact) mass is 225 g/mol. The maximum atomic E-state index is 9.33. The van der Waals surface area contributed by atoms with Gasteiger partial charge in [-0.1, -0.05) is 19.3 Å². The zero-order chi connectivity index (χ0) is 11.0. The summed E-state index contributed by atoms with van der Waals surface area (Å²) in [5, 5.41) is 3.30. The highest BCUT2D eigenvalue weighted by molar-refractivity contribution is 7.80. The highest BCUT2D eigenvalue weighted by Crippen LogP contribution is 2.16. The second kappa shape index (κ2) is 7.17. The van der Waals surface area contributed by atoms with Gasteiger partial charge in [-0.3, -0.25) is 8.74 Å². The maximum Gasteiger partial charge on any atom is 0.397 e. The summed E-state index contributed by atoms with van der Waals surface area (Å²) in [7, 11) is -1.23. The Labute approximate surface area is 85.8 Å². The Morgan fingerprint density at radius 1 is 1.29 bits per heavy atom. The van der Waals surface area contributed by atoms with Crippen molar-refractivity contribution in [2.75, 3.05) is 14.2 Å². The predicted molar refractivity (Wildman–Crippen MR) is 54.5 cm³/mol. The molecule has 0 spiro atoms. The van der Waals surface area contributed by atoms with Crippen LogP contribution in [0.2, 0.25) is 0 Å². The Morgan fingerprint density at radius 3 is 1.93 bits per heavy atom. The largest absolute Gasteiger partial charge is 0.397 e. The second-order valence-electron chi connectivity index (χ2n) is 3.22. The number of hydrogen-bond donors (Lipinski definition) is 2. The topological polar surface area (TPSA) is 75.6 Å². The minimum Gasteiger partial charge on any atom is -0.317 e. The normalized spacial score (nSPS) is 18.5. The molecule has 1 rings (SSSR count). The van der Waals surface area contributed by atoms with Gasteiger partial charge in [-0.25, -0.2) is 0 Å². The van der Waals surface area contributed by atoms with Gasteiger partial charge >= 0.3 is 10.4 Å². The molecule has 1 aliphatic rings. The minimum absolute atomic E-state index is 0.837. The van der Waals surface area contributed by atoms with Gasteiger partial charge in [0.2, 0.25) is 0 Å². The molecule has 6 heteroatoms. The van der Waals surface area contributed by atoms with Crippen LogP contribution in [-0.4, -0.2) is 33.2 Å². The van der Waals surface area contributed by atoms with Crippen molar-refractivity contribution in [1.29, 1.82) is 0 Å². The smallest absolute Gasteiger partial charge is 0.317 e. The van der Waals surface area contributed by atoms with Crippen LogP contribution in [0.25, 0.3) is 0 Å². The molecule has 1 aliphatic carbocycles. The third kappa shape index (κ3) is 8.43. The highest BCUT2D eigenvalue weighted by Gasteiger charge is 2.09. The lowest BCUT2D eigenvalue weighted by Gasteiger charge is -2.20. The van der Waals surface area contributed by atoms with Gasteiger partial charge in [-0.15, -0.1) is 0 Å². The first-order valence-electron chi connectivity index (χ1n) is 4.70. The molecule has 0 aromatic rings. The molecule has 86 valence electrons. The molecule has 0 aliphatic heterocycles. The first kappa shape index (κ1) is 13.8. The van der Waals surface area contributed by atoms with Crippen molar-refractivity contribution < 1.29 is 17.2 Å². The fourth-order valence-corrected chi connectivity index (χ4v) is 1.39. The fourth-order valence-electron chi connectivity index (χ4n) is 1.39. The number of hydrogen-bond acceptors (Lipinski definition) is 4. The van der Waals surface area contributed by atoms with E-state index in [1.807, 2.05) is 0 Å². The summed E-state index contributed by atoms with van der Waals surface area (Å²) in [5.41, 5.74) is 0. The zero-order valence-corrected chi connectivity index (χ0v) is 9.51. The van der Waals surface area contributed by atoms with E-state index in [1.165, 1.54) is 32.1 Å². The lowest BCUT2D eigenvalue weighted by molar-refractivity contribution is 0.324. The molecule has 1 saturated carbocycles. The van der Waals surface area contributed by atoms with E-state index in [9.17, 15) is 8.42 Å². The molecule has 0 bridgehead atoms. The Kier molecular flexibility index (Phi) is 7.08. The van der Waals surface area contributed by atoms with E-state index in [0.29, 0.717) is 0 Å². The van der Waals surface area contributed by atoms with E-state index < -0.39 is 10.4 Å². The second-order valence-corrected chi connectivity index (χ2v) is 4.41. The van der Waals surface area contributed by atoms with Crippen LogP contribution in [0.1, 0.15) is 32.1 Å². The average Bonchev–Trinajstić information content (AvgIpc) is 2.19. The van der Waals surface area contributed by atoms with E-state index >= 15 is 0 Å². The van der Waals surface area contributed by atoms with Crippen LogP contribution in [0, 0.1) is 0 Å². The summed E-state index contributed by atoms with van der Waals surface area (Å²) in [6.45, 7) is 0. The van der Waals surface area contributed by atoms with E-state index in [0.717, 1.165) is 13.2 Å². The summed E-state index contributed by atoms with van der Waals surface area (Å²) in [5.74, 6) is 0. The summed E-state index contributed by atoms with van der Waals surface area (Å²) < 4.78 is 29.7. The van der Waals surface area contributed by atoms with Crippen LogP contribution in [0.3, 0.4) is 0 Å². The lowest BCUT2D eigenvalue weighted by Crippen LogP contribution is -2.26. The maximum absolute atomic E-state index is 9.33. The Hall–Kier alpha value is -0.170. The molecular formula is C8H19NO4S.